The summed E-state index contributed by atoms with van der Waals surface area (Å²) in [4.78, 5) is 14.4. The van der Waals surface area contributed by atoms with Crippen LogP contribution in [-0.4, -0.2) is 58.6 Å². The average molecular weight is 353 g/mol. The van der Waals surface area contributed by atoms with Gasteiger partial charge in [0.15, 0.2) is 0 Å². The van der Waals surface area contributed by atoms with Crippen LogP contribution in [0.5, 0.6) is 5.75 Å². The van der Waals surface area contributed by atoms with Crippen LogP contribution in [0.4, 0.5) is 0 Å². The lowest BCUT2D eigenvalue weighted by atomic mass is 10.1. The van der Waals surface area contributed by atoms with E-state index in [9.17, 15) is 13.2 Å². The number of likely N-dealkylation sites (N-methyl/N-ethyl adjacent to an activating group) is 1. The zero-order chi connectivity index (χ0) is 17.3. The van der Waals surface area contributed by atoms with Crippen LogP contribution in [-0.2, 0) is 10.0 Å². The second-order valence-electron chi connectivity index (χ2n) is 6.32. The Morgan fingerprint density at radius 3 is 2.67 bits per heavy atom. The summed E-state index contributed by atoms with van der Waals surface area (Å²) in [6.45, 7) is 1.64. The third-order valence-electron chi connectivity index (χ3n) is 4.50. The minimum Gasteiger partial charge on any atom is -0.495 e. The van der Waals surface area contributed by atoms with Crippen molar-refractivity contribution in [2.24, 2.45) is 0 Å². The van der Waals surface area contributed by atoms with Gasteiger partial charge in [-0.25, -0.2) is 13.1 Å². The number of ether oxygens (including phenoxy) is 1. The number of hydrogen-bond donors (Lipinski definition) is 2. The van der Waals surface area contributed by atoms with E-state index in [1.807, 2.05) is 0 Å². The molecule has 0 spiro atoms. The number of sulfonamides is 1. The van der Waals surface area contributed by atoms with E-state index in [2.05, 4.69) is 10.0 Å². The van der Waals surface area contributed by atoms with Gasteiger partial charge < -0.3 is 15.0 Å². The molecule has 0 aromatic heterocycles. The van der Waals surface area contributed by atoms with E-state index in [4.69, 9.17) is 4.74 Å². The highest BCUT2D eigenvalue weighted by atomic mass is 32.2. The number of carbonyl (C=O) groups excluding carboxylic acids is 1. The molecule has 2 N–H and O–H groups in total. The Hall–Kier alpha value is -1.64. The summed E-state index contributed by atoms with van der Waals surface area (Å²) in [5, 5.41) is 3.22. The molecule has 1 aliphatic heterocycles. The van der Waals surface area contributed by atoms with Gasteiger partial charge in [0.1, 0.15) is 10.6 Å². The van der Waals surface area contributed by atoms with Gasteiger partial charge in [-0.15, -0.1) is 0 Å². The molecule has 1 aromatic carbocycles. The molecule has 1 aliphatic carbocycles. The topological polar surface area (TPSA) is 87.7 Å². The average Bonchev–Trinajstić information content (AvgIpc) is 3.20. The van der Waals surface area contributed by atoms with Crippen molar-refractivity contribution < 1.29 is 17.9 Å². The monoisotopic (exact) mass is 353 g/mol. The quantitative estimate of drug-likeness (QED) is 0.781. The third-order valence-corrected chi connectivity index (χ3v) is 6.04. The number of carbonyl (C=O) groups is 1. The molecule has 1 atom stereocenters. The van der Waals surface area contributed by atoms with Gasteiger partial charge in [0, 0.05) is 31.2 Å². The molecule has 7 nitrogen and oxygen atoms in total. The summed E-state index contributed by atoms with van der Waals surface area (Å²) >= 11 is 0. The Kier molecular flexibility index (Phi) is 4.80. The first kappa shape index (κ1) is 17.2. The molecule has 8 heteroatoms. The van der Waals surface area contributed by atoms with E-state index < -0.39 is 10.0 Å². The van der Waals surface area contributed by atoms with E-state index in [0.717, 1.165) is 32.4 Å². The van der Waals surface area contributed by atoms with Crippen molar-refractivity contribution in [3.05, 3.63) is 23.8 Å². The fourth-order valence-electron chi connectivity index (χ4n) is 2.84. The minimum atomic E-state index is -3.70. The van der Waals surface area contributed by atoms with E-state index in [1.165, 1.54) is 19.2 Å². The molecule has 1 saturated heterocycles. The number of benzene rings is 1. The second-order valence-corrected chi connectivity index (χ2v) is 8.01. The molecule has 24 heavy (non-hydrogen) atoms. The Morgan fingerprint density at radius 1 is 1.33 bits per heavy atom. The first-order valence-corrected chi connectivity index (χ1v) is 9.59. The maximum atomic E-state index is 12.7. The number of nitrogens with one attached hydrogen (secondary N) is 2. The van der Waals surface area contributed by atoms with Crippen LogP contribution in [0.2, 0.25) is 0 Å². The maximum absolute atomic E-state index is 12.7. The molecule has 1 aromatic rings. The van der Waals surface area contributed by atoms with Crippen LogP contribution >= 0.6 is 0 Å². The summed E-state index contributed by atoms with van der Waals surface area (Å²) < 4.78 is 32.9. The predicted molar refractivity (Wildman–Crippen MR) is 89.7 cm³/mol. The van der Waals surface area contributed by atoms with Crippen LogP contribution in [0.1, 0.15) is 29.6 Å². The number of amides is 1. The number of hydrogen-bond acceptors (Lipinski definition) is 5. The van der Waals surface area contributed by atoms with Crippen LogP contribution in [0, 0.1) is 0 Å². The summed E-state index contributed by atoms with van der Waals surface area (Å²) in [6, 6.07) is 4.67. The predicted octanol–water partition coefficient (Wildman–Crippen LogP) is 0.570. The highest BCUT2D eigenvalue weighted by Crippen LogP contribution is 2.28. The molecular weight excluding hydrogens is 330 g/mol. The van der Waals surface area contributed by atoms with E-state index in [-0.39, 0.29) is 28.6 Å². The molecule has 0 bridgehead atoms. The highest BCUT2D eigenvalue weighted by molar-refractivity contribution is 7.89. The summed E-state index contributed by atoms with van der Waals surface area (Å²) in [5.74, 6) is 0.0547. The molecular formula is C16H23N3O4S. The normalized spacial score (nSPS) is 20.8. The highest BCUT2D eigenvalue weighted by Gasteiger charge is 2.31. The largest absolute Gasteiger partial charge is 0.495 e. The van der Waals surface area contributed by atoms with Crippen LogP contribution < -0.4 is 14.8 Å². The fraction of sp³-hybridized carbons (Fsp3) is 0.562. The van der Waals surface area contributed by atoms with Gasteiger partial charge in [-0.05, 0) is 44.0 Å². The van der Waals surface area contributed by atoms with Gasteiger partial charge in [0.25, 0.3) is 5.91 Å². The molecule has 2 aliphatic rings. The van der Waals surface area contributed by atoms with Gasteiger partial charge in [-0.2, -0.15) is 0 Å². The van der Waals surface area contributed by atoms with Gasteiger partial charge in [-0.3, -0.25) is 4.79 Å². The lowest BCUT2D eigenvalue weighted by molar-refractivity contribution is 0.0743. The van der Waals surface area contributed by atoms with Crippen LogP contribution in [0.15, 0.2) is 23.1 Å². The van der Waals surface area contributed by atoms with Crippen molar-refractivity contribution in [3.8, 4) is 5.75 Å². The molecule has 1 heterocycles. The number of nitrogens with zero attached hydrogens (tertiary/aromatic N) is 1. The molecule has 1 unspecified atom stereocenters. The van der Waals surface area contributed by atoms with Crippen molar-refractivity contribution in [2.75, 3.05) is 27.2 Å². The summed E-state index contributed by atoms with van der Waals surface area (Å²) in [7, 11) is -0.528. The number of rotatable bonds is 6. The molecule has 2 fully saturated rings. The Labute approximate surface area is 142 Å². The third kappa shape index (κ3) is 3.55. The van der Waals surface area contributed by atoms with Crippen molar-refractivity contribution in [2.45, 2.75) is 36.2 Å². The van der Waals surface area contributed by atoms with E-state index >= 15 is 0 Å². The van der Waals surface area contributed by atoms with Gasteiger partial charge in [0.05, 0.1) is 7.11 Å². The Bertz CT molecular complexity index is 725. The van der Waals surface area contributed by atoms with E-state index in [0.29, 0.717) is 5.56 Å². The van der Waals surface area contributed by atoms with Crippen molar-refractivity contribution in [3.63, 3.8) is 0 Å². The number of methoxy groups -OCH3 is 1. The van der Waals surface area contributed by atoms with Crippen LogP contribution in [0.25, 0.3) is 0 Å². The zero-order valence-corrected chi connectivity index (χ0v) is 14.7. The SMILES string of the molecule is COc1ccc(C(=O)N(C)C2CCNC2)cc1S(=O)(=O)NC1CC1. The van der Waals surface area contributed by atoms with Crippen LogP contribution in [0.3, 0.4) is 0 Å². The van der Waals surface area contributed by atoms with Gasteiger partial charge in [-0.1, -0.05) is 0 Å². The lowest BCUT2D eigenvalue weighted by Gasteiger charge is -2.24. The Morgan fingerprint density at radius 2 is 2.08 bits per heavy atom. The zero-order valence-electron chi connectivity index (χ0n) is 13.9. The molecule has 0 radical (unpaired) electrons. The van der Waals surface area contributed by atoms with Gasteiger partial charge in [0.2, 0.25) is 10.0 Å². The Balaban J connectivity index is 1.89. The first-order valence-electron chi connectivity index (χ1n) is 8.10. The molecule has 132 valence electrons. The molecule has 3 rings (SSSR count). The summed E-state index contributed by atoms with van der Waals surface area (Å²) in [6.07, 6.45) is 2.59. The van der Waals surface area contributed by atoms with Gasteiger partial charge >= 0.3 is 0 Å². The smallest absolute Gasteiger partial charge is 0.253 e. The fourth-order valence-corrected chi connectivity index (χ4v) is 4.34. The molecule has 1 amide bonds. The minimum absolute atomic E-state index is 0.00806. The lowest BCUT2D eigenvalue weighted by Crippen LogP contribution is -2.38. The standard InChI is InChI=1S/C16H23N3O4S/c1-19(13-7-8-17-10-13)16(20)11-3-6-14(23-2)15(9-11)24(21,22)18-12-4-5-12/h3,6,9,12-13,17-18H,4-5,7-8,10H2,1-2H3. The van der Waals surface area contributed by atoms with Crippen molar-refractivity contribution in [1.82, 2.24) is 14.9 Å². The van der Waals surface area contributed by atoms with Crippen molar-refractivity contribution in [1.29, 1.82) is 0 Å². The van der Waals surface area contributed by atoms with Crippen molar-refractivity contribution >= 4 is 15.9 Å². The summed E-state index contributed by atoms with van der Waals surface area (Å²) in [5.41, 5.74) is 0.348. The maximum Gasteiger partial charge on any atom is 0.253 e. The van der Waals surface area contributed by atoms with E-state index in [1.54, 1.807) is 18.0 Å². The first-order chi connectivity index (χ1) is 11.4. The second kappa shape index (κ2) is 6.70. The molecule has 1 saturated carbocycles.